The van der Waals surface area contributed by atoms with E-state index in [-0.39, 0.29) is 17.6 Å². The highest BCUT2D eigenvalue weighted by Gasteiger charge is 2.11. The molecule has 0 radical (unpaired) electrons. The third-order valence-electron chi connectivity index (χ3n) is 4.55. The average molecular weight is 452 g/mol. The van der Waals surface area contributed by atoms with Crippen molar-refractivity contribution in [1.82, 2.24) is 19.5 Å². The SMILES string of the molecule is CC(=O)O[C@H](C)CCCCn1cnc2nc(NCc3ccc(Cl)c(Cl)c3)[nH]c(=O)c21. The molecule has 0 unspecified atom stereocenters. The highest BCUT2D eigenvalue weighted by Crippen LogP contribution is 2.23. The second-order valence-corrected chi connectivity index (χ2v) is 7.86. The van der Waals surface area contributed by atoms with Crippen molar-refractivity contribution in [1.29, 1.82) is 0 Å². The highest BCUT2D eigenvalue weighted by atomic mass is 35.5. The predicted octanol–water partition coefficient (Wildman–Crippen LogP) is 4.16. The fourth-order valence-corrected chi connectivity index (χ4v) is 3.45. The number of benzene rings is 1. The van der Waals surface area contributed by atoms with Gasteiger partial charge in [0, 0.05) is 20.0 Å². The molecule has 0 spiro atoms. The Kier molecular flexibility index (Phi) is 7.33. The molecule has 2 heterocycles. The van der Waals surface area contributed by atoms with Gasteiger partial charge in [0.05, 0.1) is 22.5 Å². The molecule has 0 saturated heterocycles. The number of ether oxygens (including phenoxy) is 1. The number of hydrogen-bond donors (Lipinski definition) is 2. The summed E-state index contributed by atoms with van der Waals surface area (Å²) in [5, 5.41) is 4.02. The van der Waals surface area contributed by atoms with Gasteiger partial charge in [-0.3, -0.25) is 14.6 Å². The lowest BCUT2D eigenvalue weighted by Gasteiger charge is -2.11. The van der Waals surface area contributed by atoms with Gasteiger partial charge in [-0.25, -0.2) is 4.98 Å². The Bertz CT molecular complexity index is 1100. The van der Waals surface area contributed by atoms with E-state index in [1.165, 1.54) is 6.92 Å². The van der Waals surface area contributed by atoms with Crippen LogP contribution in [0.3, 0.4) is 0 Å². The second-order valence-electron chi connectivity index (χ2n) is 7.04. The van der Waals surface area contributed by atoms with Crippen LogP contribution in [0.25, 0.3) is 11.2 Å². The Morgan fingerprint density at radius 1 is 1.30 bits per heavy atom. The molecule has 3 rings (SSSR count). The van der Waals surface area contributed by atoms with Gasteiger partial charge in [0.15, 0.2) is 11.2 Å². The van der Waals surface area contributed by atoms with E-state index in [9.17, 15) is 9.59 Å². The normalized spacial score (nSPS) is 12.1. The number of halogens is 2. The summed E-state index contributed by atoms with van der Waals surface area (Å²) in [7, 11) is 0. The number of nitrogens with one attached hydrogen (secondary N) is 2. The number of nitrogens with zero attached hydrogens (tertiary/aromatic N) is 3. The number of hydrogen-bond acceptors (Lipinski definition) is 6. The molecule has 0 aliphatic rings. The van der Waals surface area contributed by atoms with Crippen molar-refractivity contribution in [2.24, 2.45) is 0 Å². The zero-order chi connectivity index (χ0) is 21.7. The fourth-order valence-electron chi connectivity index (χ4n) is 3.13. The Morgan fingerprint density at radius 2 is 2.10 bits per heavy atom. The Labute approximate surface area is 183 Å². The molecule has 0 aliphatic carbocycles. The number of imidazole rings is 1. The third kappa shape index (κ3) is 5.73. The molecule has 1 atom stereocenters. The standard InChI is InChI=1S/C20H23Cl2N5O3/c1-12(30-13(2)28)5-3-4-8-27-11-24-18-17(27)19(29)26-20(25-18)23-10-14-6-7-15(21)16(22)9-14/h6-7,9,11-12H,3-5,8,10H2,1-2H3,(H2,23,25,26,29)/t12-/m1/s1. The minimum absolute atomic E-state index is 0.115. The van der Waals surface area contributed by atoms with E-state index in [1.54, 1.807) is 23.0 Å². The van der Waals surface area contributed by atoms with Gasteiger partial charge < -0.3 is 14.6 Å². The molecule has 0 amide bonds. The van der Waals surface area contributed by atoms with Crippen LogP contribution in [-0.4, -0.2) is 31.6 Å². The number of aryl methyl sites for hydroxylation is 1. The quantitative estimate of drug-likeness (QED) is 0.374. The van der Waals surface area contributed by atoms with Crippen LogP contribution in [-0.2, 0) is 22.6 Å². The minimum Gasteiger partial charge on any atom is -0.463 e. The fraction of sp³-hybridized carbons (Fsp3) is 0.400. The van der Waals surface area contributed by atoms with Gasteiger partial charge in [-0.2, -0.15) is 4.98 Å². The van der Waals surface area contributed by atoms with Crippen molar-refractivity contribution < 1.29 is 9.53 Å². The third-order valence-corrected chi connectivity index (χ3v) is 5.29. The molecule has 1 aromatic carbocycles. The van der Waals surface area contributed by atoms with Gasteiger partial charge in [0.1, 0.15) is 0 Å². The van der Waals surface area contributed by atoms with E-state index in [2.05, 4.69) is 20.3 Å². The monoisotopic (exact) mass is 451 g/mol. The van der Waals surface area contributed by atoms with E-state index in [1.807, 2.05) is 13.0 Å². The summed E-state index contributed by atoms with van der Waals surface area (Å²) < 4.78 is 6.91. The van der Waals surface area contributed by atoms with Gasteiger partial charge in [0.2, 0.25) is 5.95 Å². The maximum absolute atomic E-state index is 12.6. The summed E-state index contributed by atoms with van der Waals surface area (Å²) >= 11 is 11.9. The second kappa shape index (κ2) is 9.95. The topological polar surface area (TPSA) is 102 Å². The van der Waals surface area contributed by atoms with Crippen molar-refractivity contribution >= 4 is 46.3 Å². The van der Waals surface area contributed by atoms with Crippen LogP contribution in [0.1, 0.15) is 38.7 Å². The number of carbonyl (C=O) groups is 1. The van der Waals surface area contributed by atoms with E-state index in [0.717, 1.165) is 24.8 Å². The number of unbranched alkanes of at least 4 members (excludes halogenated alkanes) is 1. The molecule has 3 aromatic rings. The van der Waals surface area contributed by atoms with Gasteiger partial charge in [-0.1, -0.05) is 29.3 Å². The highest BCUT2D eigenvalue weighted by molar-refractivity contribution is 6.42. The molecule has 160 valence electrons. The first-order valence-corrected chi connectivity index (χ1v) is 10.4. The summed E-state index contributed by atoms with van der Waals surface area (Å²) in [6, 6.07) is 5.31. The van der Waals surface area contributed by atoms with E-state index >= 15 is 0 Å². The zero-order valence-electron chi connectivity index (χ0n) is 16.7. The molecular weight excluding hydrogens is 429 g/mol. The first-order chi connectivity index (χ1) is 14.3. The number of carbonyl (C=O) groups excluding carboxylic acids is 1. The van der Waals surface area contributed by atoms with Crippen molar-refractivity contribution in [3.63, 3.8) is 0 Å². The Balaban J connectivity index is 1.61. The van der Waals surface area contributed by atoms with Crippen LogP contribution in [0.2, 0.25) is 10.0 Å². The summed E-state index contributed by atoms with van der Waals surface area (Å²) in [4.78, 5) is 34.9. The van der Waals surface area contributed by atoms with Crippen molar-refractivity contribution in [2.75, 3.05) is 5.32 Å². The number of esters is 1. The van der Waals surface area contributed by atoms with E-state index in [4.69, 9.17) is 27.9 Å². The van der Waals surface area contributed by atoms with Gasteiger partial charge in [-0.05, 0) is 43.9 Å². The van der Waals surface area contributed by atoms with Crippen LogP contribution >= 0.6 is 23.2 Å². The minimum atomic E-state index is -0.274. The van der Waals surface area contributed by atoms with Gasteiger partial charge in [0.25, 0.3) is 5.56 Å². The largest absolute Gasteiger partial charge is 0.463 e. The number of anilines is 1. The first kappa shape index (κ1) is 22.1. The maximum atomic E-state index is 12.6. The molecule has 0 saturated carbocycles. The molecule has 0 fully saturated rings. The number of aromatic nitrogens is 4. The molecule has 0 bridgehead atoms. The summed E-state index contributed by atoms with van der Waals surface area (Å²) in [6.45, 7) is 4.33. The molecule has 0 aliphatic heterocycles. The first-order valence-electron chi connectivity index (χ1n) is 9.63. The molecular formula is C20H23Cl2N5O3. The lowest BCUT2D eigenvalue weighted by molar-refractivity contribution is -0.145. The Morgan fingerprint density at radius 3 is 2.83 bits per heavy atom. The summed E-state index contributed by atoms with van der Waals surface area (Å²) in [5.74, 6) is 0.0586. The molecule has 2 N–H and O–H groups in total. The smallest absolute Gasteiger partial charge is 0.302 e. The predicted molar refractivity (Wildman–Crippen MR) is 117 cm³/mol. The molecule has 10 heteroatoms. The van der Waals surface area contributed by atoms with Gasteiger partial charge >= 0.3 is 5.97 Å². The van der Waals surface area contributed by atoms with Crippen molar-refractivity contribution in [3.05, 3.63) is 50.5 Å². The zero-order valence-corrected chi connectivity index (χ0v) is 18.3. The van der Waals surface area contributed by atoms with E-state index < -0.39 is 0 Å². The average Bonchev–Trinajstić information content (AvgIpc) is 3.09. The van der Waals surface area contributed by atoms with Gasteiger partial charge in [-0.15, -0.1) is 0 Å². The number of aromatic amines is 1. The van der Waals surface area contributed by atoms with Crippen LogP contribution in [0.5, 0.6) is 0 Å². The van der Waals surface area contributed by atoms with Crippen molar-refractivity contribution in [2.45, 2.75) is 52.3 Å². The molecule has 30 heavy (non-hydrogen) atoms. The maximum Gasteiger partial charge on any atom is 0.302 e. The van der Waals surface area contributed by atoms with E-state index in [0.29, 0.717) is 40.2 Å². The van der Waals surface area contributed by atoms with Crippen molar-refractivity contribution in [3.8, 4) is 0 Å². The van der Waals surface area contributed by atoms with Crippen LogP contribution in [0.15, 0.2) is 29.3 Å². The van der Waals surface area contributed by atoms with Crippen LogP contribution < -0.4 is 10.9 Å². The number of H-pyrrole nitrogens is 1. The lowest BCUT2D eigenvalue weighted by Crippen LogP contribution is -2.16. The summed E-state index contributed by atoms with van der Waals surface area (Å²) in [5.41, 5.74) is 1.45. The number of rotatable bonds is 9. The lowest BCUT2D eigenvalue weighted by atomic mass is 10.2. The summed E-state index contributed by atoms with van der Waals surface area (Å²) in [6.07, 6.45) is 3.96. The number of fused-ring (bicyclic) bond motifs is 1. The Hall–Kier alpha value is -2.58. The molecule has 8 nitrogen and oxygen atoms in total. The van der Waals surface area contributed by atoms with Crippen LogP contribution in [0.4, 0.5) is 5.95 Å². The molecule has 2 aromatic heterocycles. The van der Waals surface area contributed by atoms with Crippen LogP contribution in [0, 0.1) is 0 Å².